The lowest BCUT2D eigenvalue weighted by Crippen LogP contribution is -2.06. The minimum absolute atomic E-state index is 0.118. The third-order valence-electron chi connectivity index (χ3n) is 2.22. The fraction of sp³-hybridized carbons (Fsp3) is 0.0833. The summed E-state index contributed by atoms with van der Waals surface area (Å²) in [6, 6.07) is 5.04. The zero-order valence-electron chi connectivity index (χ0n) is 9.85. The van der Waals surface area contributed by atoms with E-state index in [-0.39, 0.29) is 5.69 Å². The van der Waals surface area contributed by atoms with Crippen molar-refractivity contribution in [1.82, 2.24) is 9.97 Å². The summed E-state index contributed by atoms with van der Waals surface area (Å²) < 4.78 is 4.57. The molecule has 7 heteroatoms. The average Bonchev–Trinajstić information content (AvgIpc) is 2.42. The van der Waals surface area contributed by atoms with Gasteiger partial charge in [0.2, 0.25) is 0 Å². The van der Waals surface area contributed by atoms with Crippen molar-refractivity contribution in [3.05, 3.63) is 46.3 Å². The molecule has 0 aliphatic rings. The first-order valence-corrected chi connectivity index (χ1v) is 5.98. The zero-order chi connectivity index (χ0) is 13.8. The smallest absolute Gasteiger partial charge is 0.358 e. The van der Waals surface area contributed by atoms with Gasteiger partial charge in [-0.05, 0) is 18.2 Å². The molecule has 2 rings (SSSR count). The molecule has 0 unspecified atom stereocenters. The third-order valence-corrected chi connectivity index (χ3v) is 2.96. The molecule has 0 spiro atoms. The molecule has 0 aliphatic carbocycles. The van der Waals surface area contributed by atoms with Crippen LogP contribution in [0.4, 0.5) is 11.5 Å². The van der Waals surface area contributed by atoms with Crippen molar-refractivity contribution in [2.45, 2.75) is 0 Å². The molecule has 0 saturated carbocycles. The normalized spacial score (nSPS) is 10.1. The highest BCUT2D eigenvalue weighted by Crippen LogP contribution is 2.26. The van der Waals surface area contributed by atoms with Crippen LogP contribution in [0.15, 0.2) is 30.6 Å². The van der Waals surface area contributed by atoms with E-state index in [0.717, 1.165) is 0 Å². The highest BCUT2D eigenvalue weighted by atomic mass is 35.5. The number of methoxy groups -OCH3 is 1. The fourth-order valence-corrected chi connectivity index (χ4v) is 1.65. The fourth-order valence-electron chi connectivity index (χ4n) is 1.35. The van der Waals surface area contributed by atoms with Gasteiger partial charge < -0.3 is 10.1 Å². The van der Waals surface area contributed by atoms with Crippen molar-refractivity contribution in [2.75, 3.05) is 12.4 Å². The van der Waals surface area contributed by atoms with Gasteiger partial charge in [0.25, 0.3) is 0 Å². The van der Waals surface area contributed by atoms with Gasteiger partial charge in [-0.25, -0.2) is 9.78 Å². The molecule has 0 saturated heterocycles. The summed E-state index contributed by atoms with van der Waals surface area (Å²) in [5, 5.41) is 3.85. The lowest BCUT2D eigenvalue weighted by atomic mass is 10.3. The van der Waals surface area contributed by atoms with Crippen LogP contribution in [0.25, 0.3) is 0 Å². The average molecular weight is 298 g/mol. The molecule has 1 heterocycles. The summed E-state index contributed by atoms with van der Waals surface area (Å²) in [6.07, 6.45) is 2.81. The molecule has 2 aromatic rings. The molecule has 1 N–H and O–H groups in total. The molecule has 0 atom stereocenters. The summed E-state index contributed by atoms with van der Waals surface area (Å²) in [7, 11) is 1.28. The molecule has 0 amide bonds. The summed E-state index contributed by atoms with van der Waals surface area (Å²) in [4.78, 5) is 19.3. The van der Waals surface area contributed by atoms with Gasteiger partial charge in [-0.2, -0.15) is 0 Å². The quantitative estimate of drug-likeness (QED) is 0.881. The highest BCUT2D eigenvalue weighted by Gasteiger charge is 2.09. The minimum Gasteiger partial charge on any atom is -0.464 e. The van der Waals surface area contributed by atoms with Crippen LogP contribution < -0.4 is 5.32 Å². The van der Waals surface area contributed by atoms with Crippen LogP contribution in [0.2, 0.25) is 10.0 Å². The number of ether oxygens (including phenoxy) is 1. The maximum atomic E-state index is 11.3. The number of rotatable bonds is 3. The molecule has 0 bridgehead atoms. The van der Waals surface area contributed by atoms with Crippen molar-refractivity contribution in [3.8, 4) is 0 Å². The van der Waals surface area contributed by atoms with Gasteiger partial charge in [-0.15, -0.1) is 0 Å². The largest absolute Gasteiger partial charge is 0.464 e. The monoisotopic (exact) mass is 297 g/mol. The van der Waals surface area contributed by atoms with Gasteiger partial charge in [-0.3, -0.25) is 4.98 Å². The van der Waals surface area contributed by atoms with Crippen LogP contribution in [-0.2, 0) is 4.74 Å². The predicted octanol–water partition coefficient (Wildman–Crippen LogP) is 3.31. The Bertz CT molecular complexity index is 620. The number of carbonyl (C=O) groups is 1. The van der Waals surface area contributed by atoms with Crippen LogP contribution in [0.1, 0.15) is 10.5 Å². The number of hydrogen-bond acceptors (Lipinski definition) is 5. The number of benzene rings is 1. The van der Waals surface area contributed by atoms with E-state index < -0.39 is 5.97 Å². The van der Waals surface area contributed by atoms with Crippen LogP contribution in [0.5, 0.6) is 0 Å². The third kappa shape index (κ3) is 3.33. The van der Waals surface area contributed by atoms with Gasteiger partial charge in [0, 0.05) is 5.69 Å². The van der Waals surface area contributed by atoms with E-state index in [4.69, 9.17) is 23.2 Å². The van der Waals surface area contributed by atoms with Crippen LogP contribution in [-0.4, -0.2) is 23.0 Å². The van der Waals surface area contributed by atoms with E-state index in [1.165, 1.54) is 19.5 Å². The first kappa shape index (κ1) is 13.6. The van der Waals surface area contributed by atoms with Gasteiger partial charge >= 0.3 is 5.97 Å². The maximum absolute atomic E-state index is 11.3. The Hall–Kier alpha value is -1.85. The van der Waals surface area contributed by atoms with Crippen LogP contribution in [0.3, 0.4) is 0 Å². The second-order valence-electron chi connectivity index (χ2n) is 3.54. The number of nitrogens with zero attached hydrogens (tertiary/aromatic N) is 2. The second-order valence-corrected chi connectivity index (χ2v) is 4.35. The molecule has 98 valence electrons. The Morgan fingerprint density at radius 1 is 1.26 bits per heavy atom. The van der Waals surface area contributed by atoms with Crippen molar-refractivity contribution in [1.29, 1.82) is 0 Å². The number of esters is 1. The van der Waals surface area contributed by atoms with Crippen LogP contribution >= 0.6 is 23.2 Å². The van der Waals surface area contributed by atoms with Gasteiger partial charge in [0.1, 0.15) is 5.82 Å². The lowest BCUT2D eigenvalue weighted by Gasteiger charge is -2.07. The van der Waals surface area contributed by atoms with E-state index >= 15 is 0 Å². The summed E-state index contributed by atoms with van der Waals surface area (Å²) >= 11 is 11.7. The SMILES string of the molecule is COC(=O)c1cncc(Nc2ccc(Cl)c(Cl)c2)n1. The molecule has 1 aromatic carbocycles. The number of halogens is 2. The zero-order valence-corrected chi connectivity index (χ0v) is 11.4. The summed E-state index contributed by atoms with van der Waals surface area (Å²) in [6.45, 7) is 0. The van der Waals surface area contributed by atoms with Crippen molar-refractivity contribution in [2.24, 2.45) is 0 Å². The molecule has 19 heavy (non-hydrogen) atoms. The lowest BCUT2D eigenvalue weighted by molar-refractivity contribution is 0.0593. The Morgan fingerprint density at radius 2 is 2.05 bits per heavy atom. The van der Waals surface area contributed by atoms with Gasteiger partial charge in [0.15, 0.2) is 5.69 Å². The van der Waals surface area contributed by atoms with E-state index in [9.17, 15) is 4.79 Å². The predicted molar refractivity (Wildman–Crippen MR) is 73.1 cm³/mol. The first-order chi connectivity index (χ1) is 9.10. The molecule has 0 aliphatic heterocycles. The van der Waals surface area contributed by atoms with Crippen molar-refractivity contribution < 1.29 is 9.53 Å². The Balaban J connectivity index is 2.23. The molecular formula is C12H9Cl2N3O2. The van der Waals surface area contributed by atoms with E-state index in [0.29, 0.717) is 21.6 Å². The standard InChI is InChI=1S/C12H9Cl2N3O2/c1-19-12(18)10-5-15-6-11(17-10)16-7-2-3-8(13)9(14)4-7/h2-6H,1H3,(H,16,17). The van der Waals surface area contributed by atoms with E-state index in [2.05, 4.69) is 20.0 Å². The molecule has 0 radical (unpaired) electrons. The molecule has 5 nitrogen and oxygen atoms in total. The topological polar surface area (TPSA) is 64.1 Å². The van der Waals surface area contributed by atoms with E-state index in [1.807, 2.05) is 0 Å². The first-order valence-electron chi connectivity index (χ1n) is 5.22. The molecule has 0 fully saturated rings. The maximum Gasteiger partial charge on any atom is 0.358 e. The van der Waals surface area contributed by atoms with Crippen molar-refractivity contribution in [3.63, 3.8) is 0 Å². The summed E-state index contributed by atoms with van der Waals surface area (Å²) in [5.41, 5.74) is 0.804. The van der Waals surface area contributed by atoms with Crippen molar-refractivity contribution >= 4 is 40.7 Å². The van der Waals surface area contributed by atoms with Gasteiger partial charge in [0.05, 0.1) is 29.5 Å². The Labute approximate surface area is 119 Å². The highest BCUT2D eigenvalue weighted by molar-refractivity contribution is 6.42. The number of aromatic nitrogens is 2. The van der Waals surface area contributed by atoms with Crippen LogP contribution in [0, 0.1) is 0 Å². The summed E-state index contributed by atoms with van der Waals surface area (Å²) in [5.74, 6) is -0.147. The van der Waals surface area contributed by atoms with Gasteiger partial charge in [-0.1, -0.05) is 23.2 Å². The number of carbonyl (C=O) groups excluding carboxylic acids is 1. The van der Waals surface area contributed by atoms with E-state index in [1.54, 1.807) is 18.2 Å². The number of nitrogens with one attached hydrogen (secondary N) is 1. The molecular weight excluding hydrogens is 289 g/mol. The number of anilines is 2. The second kappa shape index (κ2) is 5.86. The Kier molecular flexibility index (Phi) is 4.19. The Morgan fingerprint density at radius 3 is 2.74 bits per heavy atom. The minimum atomic E-state index is -0.551. The molecule has 1 aromatic heterocycles. The number of hydrogen-bond donors (Lipinski definition) is 1.